The molecule has 0 aliphatic carbocycles. The standard InChI is InChI=1S/C13H15N3O4/c1-7(2)10(13(19)20-3)16-11-8(12(17)18)5-4-6-9(11)14-15-16/h4-7,10H,1-3H3,(H,17,18). The molecule has 2 aromatic rings. The summed E-state index contributed by atoms with van der Waals surface area (Å²) in [6, 6.07) is 3.98. The SMILES string of the molecule is COC(=O)C(C(C)C)n1nnc2cccc(C(=O)O)c21. The zero-order valence-corrected chi connectivity index (χ0v) is 11.4. The van der Waals surface area contributed by atoms with E-state index < -0.39 is 18.0 Å². The van der Waals surface area contributed by atoms with Gasteiger partial charge in [0.15, 0.2) is 6.04 Å². The molecule has 0 spiro atoms. The summed E-state index contributed by atoms with van der Waals surface area (Å²) in [7, 11) is 1.29. The number of carbonyl (C=O) groups is 2. The second-order valence-corrected chi connectivity index (χ2v) is 4.72. The van der Waals surface area contributed by atoms with Crippen LogP contribution in [0.2, 0.25) is 0 Å². The third-order valence-corrected chi connectivity index (χ3v) is 3.06. The van der Waals surface area contributed by atoms with Crippen molar-refractivity contribution < 1.29 is 19.4 Å². The number of esters is 1. The number of fused-ring (bicyclic) bond motifs is 1. The molecule has 1 unspecified atom stereocenters. The molecule has 2 rings (SSSR count). The van der Waals surface area contributed by atoms with Crippen LogP contribution in [0.15, 0.2) is 18.2 Å². The molecule has 1 heterocycles. The van der Waals surface area contributed by atoms with Crippen molar-refractivity contribution in [2.45, 2.75) is 19.9 Å². The predicted molar refractivity (Wildman–Crippen MR) is 70.4 cm³/mol. The normalized spacial score (nSPS) is 12.6. The Bertz CT molecular complexity index is 663. The Hall–Kier alpha value is -2.44. The van der Waals surface area contributed by atoms with Gasteiger partial charge in [-0.25, -0.2) is 14.3 Å². The van der Waals surface area contributed by atoms with E-state index in [4.69, 9.17) is 4.74 Å². The first kappa shape index (κ1) is 14.0. The van der Waals surface area contributed by atoms with Gasteiger partial charge in [-0.05, 0) is 18.1 Å². The summed E-state index contributed by atoms with van der Waals surface area (Å²) in [5.41, 5.74) is 0.811. The number of methoxy groups -OCH3 is 1. The molecule has 1 aromatic heterocycles. The van der Waals surface area contributed by atoms with Crippen molar-refractivity contribution in [3.8, 4) is 0 Å². The number of aromatic nitrogens is 3. The Morgan fingerprint density at radius 2 is 2.05 bits per heavy atom. The minimum atomic E-state index is -1.09. The number of nitrogens with zero attached hydrogens (tertiary/aromatic N) is 3. The van der Waals surface area contributed by atoms with Gasteiger partial charge < -0.3 is 9.84 Å². The molecule has 0 saturated carbocycles. The third-order valence-electron chi connectivity index (χ3n) is 3.06. The fourth-order valence-corrected chi connectivity index (χ4v) is 2.14. The first-order chi connectivity index (χ1) is 9.47. The van der Waals surface area contributed by atoms with E-state index >= 15 is 0 Å². The van der Waals surface area contributed by atoms with Crippen LogP contribution in [-0.2, 0) is 9.53 Å². The molecule has 0 bridgehead atoms. The zero-order valence-electron chi connectivity index (χ0n) is 11.4. The largest absolute Gasteiger partial charge is 0.478 e. The van der Waals surface area contributed by atoms with Crippen molar-refractivity contribution >= 4 is 23.0 Å². The van der Waals surface area contributed by atoms with Gasteiger partial charge in [-0.15, -0.1) is 5.10 Å². The average Bonchev–Trinajstić information content (AvgIpc) is 2.82. The van der Waals surface area contributed by atoms with Crippen LogP contribution < -0.4 is 0 Å². The van der Waals surface area contributed by atoms with Crippen LogP contribution in [0.25, 0.3) is 11.0 Å². The Kier molecular flexibility index (Phi) is 3.69. The summed E-state index contributed by atoms with van der Waals surface area (Å²) in [5, 5.41) is 17.1. The summed E-state index contributed by atoms with van der Waals surface area (Å²) >= 11 is 0. The Balaban J connectivity index is 2.70. The van der Waals surface area contributed by atoms with Crippen LogP contribution in [0.5, 0.6) is 0 Å². The van der Waals surface area contributed by atoms with Gasteiger partial charge in [0.25, 0.3) is 0 Å². The van der Waals surface area contributed by atoms with Gasteiger partial charge in [-0.1, -0.05) is 25.1 Å². The zero-order chi connectivity index (χ0) is 14.9. The summed E-state index contributed by atoms with van der Waals surface area (Å²) in [6.07, 6.45) is 0. The lowest BCUT2D eigenvalue weighted by Crippen LogP contribution is -2.27. The number of carboxylic acid groups (broad SMARTS) is 1. The van der Waals surface area contributed by atoms with E-state index in [2.05, 4.69) is 10.3 Å². The first-order valence-electron chi connectivity index (χ1n) is 6.12. The lowest BCUT2D eigenvalue weighted by molar-refractivity contribution is -0.146. The number of aromatic carboxylic acids is 1. The van der Waals surface area contributed by atoms with Crippen LogP contribution in [0.3, 0.4) is 0 Å². The molecule has 0 radical (unpaired) electrons. The van der Waals surface area contributed by atoms with Gasteiger partial charge >= 0.3 is 11.9 Å². The maximum Gasteiger partial charge on any atom is 0.337 e. The lowest BCUT2D eigenvalue weighted by Gasteiger charge is -2.19. The number of para-hydroxylation sites is 1. The molecule has 0 aliphatic heterocycles. The van der Waals surface area contributed by atoms with E-state index in [1.807, 2.05) is 13.8 Å². The van der Waals surface area contributed by atoms with E-state index in [9.17, 15) is 14.7 Å². The minimum absolute atomic E-state index is 0.0575. The highest BCUT2D eigenvalue weighted by molar-refractivity contribution is 6.01. The second-order valence-electron chi connectivity index (χ2n) is 4.72. The van der Waals surface area contributed by atoms with E-state index in [0.717, 1.165) is 0 Å². The van der Waals surface area contributed by atoms with Crippen molar-refractivity contribution in [3.63, 3.8) is 0 Å². The molecule has 0 aliphatic rings. The summed E-state index contributed by atoms with van der Waals surface area (Å²) in [4.78, 5) is 23.2. The minimum Gasteiger partial charge on any atom is -0.478 e. The Morgan fingerprint density at radius 3 is 2.60 bits per heavy atom. The molecule has 20 heavy (non-hydrogen) atoms. The van der Waals surface area contributed by atoms with Gasteiger partial charge in [0.1, 0.15) is 11.0 Å². The number of hydrogen-bond acceptors (Lipinski definition) is 5. The van der Waals surface area contributed by atoms with Gasteiger partial charge in [-0.3, -0.25) is 0 Å². The molecule has 7 nitrogen and oxygen atoms in total. The van der Waals surface area contributed by atoms with E-state index in [1.54, 1.807) is 12.1 Å². The van der Waals surface area contributed by atoms with Crippen LogP contribution in [-0.4, -0.2) is 39.1 Å². The number of carbonyl (C=O) groups excluding carboxylic acids is 1. The second kappa shape index (κ2) is 5.28. The molecule has 1 aromatic carbocycles. The average molecular weight is 277 g/mol. The maximum atomic E-state index is 11.9. The van der Waals surface area contributed by atoms with E-state index in [0.29, 0.717) is 11.0 Å². The van der Waals surface area contributed by atoms with Crippen LogP contribution in [0.1, 0.15) is 30.2 Å². The Morgan fingerprint density at radius 1 is 1.35 bits per heavy atom. The maximum absolute atomic E-state index is 11.9. The van der Waals surface area contributed by atoms with Crippen molar-refractivity contribution in [1.29, 1.82) is 0 Å². The van der Waals surface area contributed by atoms with Gasteiger partial charge in [-0.2, -0.15) is 0 Å². The molecular weight excluding hydrogens is 262 g/mol. The fraction of sp³-hybridized carbons (Fsp3) is 0.385. The molecule has 0 amide bonds. The van der Waals surface area contributed by atoms with E-state index in [-0.39, 0.29) is 11.5 Å². The molecule has 7 heteroatoms. The summed E-state index contributed by atoms with van der Waals surface area (Å²) < 4.78 is 6.10. The smallest absolute Gasteiger partial charge is 0.337 e. The molecule has 1 N–H and O–H groups in total. The predicted octanol–water partition coefficient (Wildman–Crippen LogP) is 1.50. The fourth-order valence-electron chi connectivity index (χ4n) is 2.14. The molecule has 1 atom stereocenters. The van der Waals surface area contributed by atoms with E-state index in [1.165, 1.54) is 17.9 Å². The molecule has 0 saturated heterocycles. The molecular formula is C13H15N3O4. The van der Waals surface area contributed by atoms with Gasteiger partial charge in [0.2, 0.25) is 0 Å². The summed E-state index contributed by atoms with van der Waals surface area (Å²) in [5.74, 6) is -1.69. The number of carboxylic acids is 1. The number of benzene rings is 1. The van der Waals surface area contributed by atoms with Crippen LogP contribution >= 0.6 is 0 Å². The molecule has 0 fully saturated rings. The van der Waals surface area contributed by atoms with Crippen molar-refractivity contribution in [1.82, 2.24) is 15.0 Å². The van der Waals surface area contributed by atoms with Gasteiger partial charge in [0.05, 0.1) is 12.7 Å². The quantitative estimate of drug-likeness (QED) is 0.851. The number of ether oxygens (including phenoxy) is 1. The van der Waals surface area contributed by atoms with Crippen LogP contribution in [0.4, 0.5) is 0 Å². The highest BCUT2D eigenvalue weighted by Crippen LogP contribution is 2.25. The Labute approximate surface area is 115 Å². The first-order valence-corrected chi connectivity index (χ1v) is 6.12. The topological polar surface area (TPSA) is 94.3 Å². The van der Waals surface area contributed by atoms with Crippen molar-refractivity contribution in [3.05, 3.63) is 23.8 Å². The van der Waals surface area contributed by atoms with Crippen molar-refractivity contribution in [2.75, 3.05) is 7.11 Å². The highest BCUT2D eigenvalue weighted by Gasteiger charge is 2.29. The van der Waals surface area contributed by atoms with Crippen molar-refractivity contribution in [2.24, 2.45) is 5.92 Å². The highest BCUT2D eigenvalue weighted by atomic mass is 16.5. The third kappa shape index (κ3) is 2.22. The summed E-state index contributed by atoms with van der Waals surface area (Å²) in [6.45, 7) is 3.66. The monoisotopic (exact) mass is 277 g/mol. The van der Waals surface area contributed by atoms with Gasteiger partial charge in [0, 0.05) is 0 Å². The van der Waals surface area contributed by atoms with Crippen LogP contribution in [0, 0.1) is 5.92 Å². The molecule has 106 valence electrons. The number of rotatable bonds is 4. The lowest BCUT2D eigenvalue weighted by atomic mass is 10.0. The number of hydrogen-bond donors (Lipinski definition) is 1.